The monoisotopic (exact) mass is 370 g/mol. The van der Waals surface area contributed by atoms with E-state index in [9.17, 15) is 4.79 Å². The average Bonchev–Trinajstić information content (AvgIpc) is 3.03. The van der Waals surface area contributed by atoms with E-state index in [1.807, 2.05) is 43.3 Å². The molecule has 1 amide bonds. The lowest BCUT2D eigenvalue weighted by Crippen LogP contribution is -2.15. The van der Waals surface area contributed by atoms with Crippen LogP contribution in [-0.2, 0) is 0 Å². The minimum atomic E-state index is -0.411. The third-order valence-corrected chi connectivity index (χ3v) is 3.97. The zero-order chi connectivity index (χ0) is 18.5. The minimum Gasteiger partial charge on any atom is -0.491 e. The van der Waals surface area contributed by atoms with Gasteiger partial charge in [-0.2, -0.15) is 0 Å². The number of nitrogens with one attached hydrogen (secondary N) is 1. The molecule has 0 bridgehead atoms. The molecule has 0 atom stereocenters. The maximum atomic E-state index is 12.6. The maximum absolute atomic E-state index is 12.6. The number of carbonyl (C=O) groups is 1. The van der Waals surface area contributed by atoms with Crippen LogP contribution in [0.2, 0.25) is 5.02 Å². The molecular formula is C19H19ClN4O2. The zero-order valence-electron chi connectivity index (χ0n) is 14.6. The molecule has 0 saturated heterocycles. The fourth-order valence-electron chi connectivity index (χ4n) is 2.42. The second-order valence-corrected chi connectivity index (χ2v) is 6.05. The van der Waals surface area contributed by atoms with E-state index in [-0.39, 0.29) is 5.82 Å². The normalized spacial score (nSPS) is 10.6. The van der Waals surface area contributed by atoms with Gasteiger partial charge in [0.25, 0.3) is 5.91 Å². The van der Waals surface area contributed by atoms with Gasteiger partial charge in [0.1, 0.15) is 11.6 Å². The summed E-state index contributed by atoms with van der Waals surface area (Å²) in [4.78, 5) is 16.8. The summed E-state index contributed by atoms with van der Waals surface area (Å²) >= 11 is 6.21. The molecule has 1 N–H and O–H groups in total. The summed E-state index contributed by atoms with van der Waals surface area (Å²) in [7, 11) is 0. The number of hydrogen-bond acceptors (Lipinski definition) is 4. The summed E-state index contributed by atoms with van der Waals surface area (Å²) in [5, 5.41) is 7.64. The van der Waals surface area contributed by atoms with Gasteiger partial charge in [-0.1, -0.05) is 42.8 Å². The van der Waals surface area contributed by atoms with E-state index in [0.29, 0.717) is 34.6 Å². The Morgan fingerprint density at radius 3 is 2.69 bits per heavy atom. The number of nitrogens with zero attached hydrogens (tertiary/aromatic N) is 3. The second kappa shape index (κ2) is 8.01. The Balaban J connectivity index is 1.84. The Hall–Kier alpha value is -2.86. The van der Waals surface area contributed by atoms with Gasteiger partial charge in [-0.15, -0.1) is 5.10 Å². The Morgan fingerprint density at radius 1 is 1.19 bits per heavy atom. The van der Waals surface area contributed by atoms with Crippen molar-refractivity contribution in [1.29, 1.82) is 0 Å². The average molecular weight is 371 g/mol. The zero-order valence-corrected chi connectivity index (χ0v) is 15.3. The van der Waals surface area contributed by atoms with Gasteiger partial charge >= 0.3 is 0 Å². The largest absolute Gasteiger partial charge is 0.491 e. The van der Waals surface area contributed by atoms with Gasteiger partial charge in [0, 0.05) is 0 Å². The Labute approximate surface area is 156 Å². The molecule has 1 heterocycles. The van der Waals surface area contributed by atoms with Gasteiger partial charge in [0.2, 0.25) is 5.82 Å². The molecule has 0 aliphatic carbocycles. The Bertz CT molecular complexity index is 923. The van der Waals surface area contributed by atoms with Crippen molar-refractivity contribution in [2.45, 2.75) is 20.3 Å². The molecule has 7 heteroatoms. The van der Waals surface area contributed by atoms with Gasteiger partial charge < -0.3 is 10.1 Å². The van der Waals surface area contributed by atoms with Gasteiger partial charge in [-0.05, 0) is 37.6 Å². The van der Waals surface area contributed by atoms with Crippen molar-refractivity contribution in [3.05, 3.63) is 65.2 Å². The van der Waals surface area contributed by atoms with Crippen LogP contribution in [0.1, 0.15) is 29.8 Å². The van der Waals surface area contributed by atoms with Crippen molar-refractivity contribution in [2.75, 3.05) is 11.9 Å². The van der Waals surface area contributed by atoms with Crippen LogP contribution < -0.4 is 10.1 Å². The molecule has 0 aliphatic heterocycles. The van der Waals surface area contributed by atoms with E-state index in [0.717, 1.165) is 6.42 Å². The molecule has 3 aromatic rings. The van der Waals surface area contributed by atoms with Crippen molar-refractivity contribution in [3.63, 3.8) is 0 Å². The molecule has 1 aromatic heterocycles. The second-order valence-electron chi connectivity index (χ2n) is 5.64. The first-order valence-electron chi connectivity index (χ1n) is 8.32. The van der Waals surface area contributed by atoms with Crippen LogP contribution in [0.5, 0.6) is 5.75 Å². The number of anilines is 1. The maximum Gasteiger partial charge on any atom is 0.295 e. The Kier molecular flexibility index (Phi) is 5.53. The van der Waals surface area contributed by atoms with Gasteiger partial charge in [-0.3, -0.25) is 4.79 Å². The van der Waals surface area contributed by atoms with Gasteiger partial charge in [-0.25, -0.2) is 9.67 Å². The number of amides is 1. The lowest BCUT2D eigenvalue weighted by molar-refractivity contribution is 0.101. The van der Waals surface area contributed by atoms with E-state index in [4.69, 9.17) is 16.3 Å². The fraction of sp³-hybridized carbons (Fsp3) is 0.211. The lowest BCUT2D eigenvalue weighted by atomic mass is 10.3. The highest BCUT2D eigenvalue weighted by Crippen LogP contribution is 2.25. The number of benzene rings is 2. The number of halogens is 1. The number of rotatable bonds is 6. The highest BCUT2D eigenvalue weighted by atomic mass is 35.5. The molecule has 0 radical (unpaired) electrons. The topological polar surface area (TPSA) is 69.0 Å². The third-order valence-electron chi connectivity index (χ3n) is 3.65. The molecule has 0 aliphatic rings. The van der Waals surface area contributed by atoms with E-state index in [1.54, 1.807) is 23.7 Å². The molecule has 0 unspecified atom stereocenters. The summed E-state index contributed by atoms with van der Waals surface area (Å²) in [6.07, 6.45) is 0.880. The molecule has 0 fully saturated rings. The standard InChI is InChI=1S/C19H19ClN4O2/c1-3-12-26-17-11-7-5-9-15(17)22-19(25)18-21-13(2)24(23-18)16-10-6-4-8-14(16)20/h4-11H,3,12H2,1-2H3,(H,22,25). The molecule has 3 rings (SSSR count). The van der Waals surface area contributed by atoms with Crippen molar-refractivity contribution >= 4 is 23.2 Å². The molecule has 0 spiro atoms. The SMILES string of the molecule is CCCOc1ccccc1NC(=O)c1nc(C)n(-c2ccccc2Cl)n1. The number of para-hydroxylation sites is 3. The number of ether oxygens (including phenoxy) is 1. The van der Waals surface area contributed by atoms with Crippen LogP contribution in [0.4, 0.5) is 5.69 Å². The van der Waals surface area contributed by atoms with Gasteiger partial charge in [0.05, 0.1) is 23.0 Å². The summed E-state index contributed by atoms with van der Waals surface area (Å²) in [6.45, 7) is 4.37. The fourth-order valence-corrected chi connectivity index (χ4v) is 2.64. The van der Waals surface area contributed by atoms with E-state index in [1.165, 1.54) is 0 Å². The summed E-state index contributed by atoms with van der Waals surface area (Å²) in [6, 6.07) is 14.5. The first-order chi connectivity index (χ1) is 12.6. The van der Waals surface area contributed by atoms with Crippen LogP contribution in [0.25, 0.3) is 5.69 Å². The molecule has 26 heavy (non-hydrogen) atoms. The first-order valence-corrected chi connectivity index (χ1v) is 8.69. The van der Waals surface area contributed by atoms with E-state index >= 15 is 0 Å². The molecular weight excluding hydrogens is 352 g/mol. The summed E-state index contributed by atoms with van der Waals surface area (Å²) in [5.41, 5.74) is 1.25. The number of aryl methyl sites for hydroxylation is 1. The van der Waals surface area contributed by atoms with Crippen LogP contribution in [0.15, 0.2) is 48.5 Å². The summed E-state index contributed by atoms with van der Waals surface area (Å²) < 4.78 is 7.21. The van der Waals surface area contributed by atoms with Crippen LogP contribution in [-0.4, -0.2) is 27.3 Å². The number of aromatic nitrogens is 3. The Morgan fingerprint density at radius 2 is 1.92 bits per heavy atom. The van der Waals surface area contributed by atoms with Crippen molar-refractivity contribution in [2.24, 2.45) is 0 Å². The summed E-state index contributed by atoms with van der Waals surface area (Å²) in [5.74, 6) is 0.836. The minimum absolute atomic E-state index is 0.0627. The smallest absolute Gasteiger partial charge is 0.295 e. The number of hydrogen-bond donors (Lipinski definition) is 1. The van der Waals surface area contributed by atoms with E-state index < -0.39 is 5.91 Å². The third kappa shape index (κ3) is 3.86. The predicted octanol–water partition coefficient (Wildman–Crippen LogP) is 4.27. The highest BCUT2D eigenvalue weighted by molar-refractivity contribution is 6.32. The molecule has 134 valence electrons. The molecule has 0 saturated carbocycles. The van der Waals surface area contributed by atoms with Crippen molar-refractivity contribution in [3.8, 4) is 11.4 Å². The van der Waals surface area contributed by atoms with Crippen molar-refractivity contribution in [1.82, 2.24) is 14.8 Å². The molecule has 6 nitrogen and oxygen atoms in total. The quantitative estimate of drug-likeness (QED) is 0.703. The predicted molar refractivity (Wildman–Crippen MR) is 101 cm³/mol. The molecule has 2 aromatic carbocycles. The first kappa shape index (κ1) is 17.9. The highest BCUT2D eigenvalue weighted by Gasteiger charge is 2.18. The van der Waals surface area contributed by atoms with Crippen LogP contribution in [0.3, 0.4) is 0 Å². The lowest BCUT2D eigenvalue weighted by Gasteiger charge is -2.10. The van der Waals surface area contributed by atoms with E-state index in [2.05, 4.69) is 15.4 Å². The van der Waals surface area contributed by atoms with Gasteiger partial charge in [0.15, 0.2) is 0 Å². The number of carbonyl (C=O) groups excluding carboxylic acids is 1. The van der Waals surface area contributed by atoms with Crippen LogP contribution in [0, 0.1) is 6.92 Å². The van der Waals surface area contributed by atoms with Crippen molar-refractivity contribution < 1.29 is 9.53 Å². The van der Waals surface area contributed by atoms with Crippen LogP contribution >= 0.6 is 11.6 Å².